The molecule has 0 spiro atoms. The van der Waals surface area contributed by atoms with Gasteiger partial charge in [0.05, 0.1) is 11.9 Å². The molecule has 1 aliphatic rings. The van der Waals surface area contributed by atoms with Gasteiger partial charge in [-0.05, 0) is 25.2 Å². The topological polar surface area (TPSA) is 66.4 Å². The first-order valence-corrected chi connectivity index (χ1v) is 7.54. The van der Waals surface area contributed by atoms with E-state index in [4.69, 9.17) is 5.11 Å². The fourth-order valence-corrected chi connectivity index (χ4v) is 3.13. The summed E-state index contributed by atoms with van der Waals surface area (Å²) in [4.78, 5) is 0. The number of hydrogen-bond acceptors (Lipinski definition) is 3. The molecule has 0 saturated heterocycles. The van der Waals surface area contributed by atoms with Crippen LogP contribution in [0.3, 0.4) is 0 Å². The van der Waals surface area contributed by atoms with Gasteiger partial charge in [-0.2, -0.15) is 0 Å². The van der Waals surface area contributed by atoms with Gasteiger partial charge in [0, 0.05) is 6.54 Å². The fraction of sp³-hybridized carbons (Fsp3) is 1.00. The van der Waals surface area contributed by atoms with Crippen LogP contribution in [0.25, 0.3) is 0 Å². The van der Waals surface area contributed by atoms with Crippen LogP contribution >= 0.6 is 0 Å². The highest BCUT2D eigenvalue weighted by molar-refractivity contribution is 7.90. The van der Waals surface area contributed by atoms with E-state index in [1.165, 1.54) is 26.2 Å². The molecule has 0 radical (unpaired) electrons. The summed E-state index contributed by atoms with van der Waals surface area (Å²) in [5.41, 5.74) is 0.0977. The predicted molar refractivity (Wildman–Crippen MR) is 64.7 cm³/mol. The number of hydrogen-bond donors (Lipinski definition) is 2. The fourth-order valence-electron chi connectivity index (χ4n) is 2.10. The Kier molecular flexibility index (Phi) is 4.76. The lowest BCUT2D eigenvalue weighted by Crippen LogP contribution is -2.41. The Hall–Kier alpha value is -0.130. The van der Waals surface area contributed by atoms with Crippen LogP contribution in [0.1, 0.15) is 46.0 Å². The van der Waals surface area contributed by atoms with Crippen molar-refractivity contribution in [1.29, 1.82) is 0 Å². The smallest absolute Gasteiger partial charge is 0.216 e. The third-order valence-corrected chi connectivity index (χ3v) is 5.30. The van der Waals surface area contributed by atoms with Crippen LogP contribution < -0.4 is 4.72 Å². The predicted octanol–water partition coefficient (Wildman–Crippen LogP) is 1.26. The maximum atomic E-state index is 11.7. The monoisotopic (exact) mass is 249 g/mol. The lowest BCUT2D eigenvalue weighted by Gasteiger charge is -2.33. The lowest BCUT2D eigenvalue weighted by atomic mass is 9.76. The van der Waals surface area contributed by atoms with Crippen molar-refractivity contribution >= 4 is 10.0 Å². The minimum atomic E-state index is -3.35. The Morgan fingerprint density at radius 1 is 1.31 bits per heavy atom. The molecule has 1 fully saturated rings. The van der Waals surface area contributed by atoms with Crippen molar-refractivity contribution in [2.24, 2.45) is 5.41 Å². The number of aliphatic hydroxyl groups excluding tert-OH is 1. The van der Waals surface area contributed by atoms with Crippen LogP contribution in [0.2, 0.25) is 0 Å². The molecule has 1 rings (SSSR count). The molecular formula is C11H23NO3S. The molecule has 1 saturated carbocycles. The molecule has 2 N–H and O–H groups in total. The molecule has 4 nitrogen and oxygen atoms in total. The second kappa shape index (κ2) is 5.47. The van der Waals surface area contributed by atoms with E-state index >= 15 is 0 Å². The first-order chi connectivity index (χ1) is 7.40. The summed E-state index contributed by atoms with van der Waals surface area (Å²) in [6.07, 6.45) is 5.81. The number of aliphatic hydroxyl groups is 1. The Balaban J connectivity index is 2.50. The Labute approximate surface area is 98.5 Å². The molecule has 0 aromatic rings. The zero-order chi connectivity index (χ0) is 12.2. The van der Waals surface area contributed by atoms with Crippen LogP contribution in [-0.2, 0) is 10.0 Å². The second-order valence-corrected chi connectivity index (χ2v) is 7.41. The maximum Gasteiger partial charge on any atom is 0.216 e. The first-order valence-electron chi connectivity index (χ1n) is 5.99. The molecule has 1 unspecified atom stereocenters. The van der Waals surface area contributed by atoms with Gasteiger partial charge >= 0.3 is 0 Å². The van der Waals surface area contributed by atoms with Crippen LogP contribution in [0, 0.1) is 5.41 Å². The number of nitrogens with one attached hydrogen (secondary N) is 1. The van der Waals surface area contributed by atoms with Gasteiger partial charge in [-0.15, -0.1) is 0 Å². The van der Waals surface area contributed by atoms with Gasteiger partial charge in [-0.3, -0.25) is 0 Å². The molecule has 96 valence electrons. The van der Waals surface area contributed by atoms with Crippen molar-refractivity contribution in [3.63, 3.8) is 0 Å². The number of rotatable bonds is 5. The lowest BCUT2D eigenvalue weighted by molar-refractivity contribution is 0.218. The van der Waals surface area contributed by atoms with E-state index in [0.29, 0.717) is 6.54 Å². The average Bonchev–Trinajstić information content (AvgIpc) is 2.27. The van der Waals surface area contributed by atoms with Gasteiger partial charge in [0.25, 0.3) is 0 Å². The van der Waals surface area contributed by atoms with Gasteiger partial charge in [0.1, 0.15) is 0 Å². The number of sulfonamides is 1. The van der Waals surface area contributed by atoms with Gasteiger partial charge < -0.3 is 5.11 Å². The van der Waals surface area contributed by atoms with E-state index < -0.39 is 15.3 Å². The van der Waals surface area contributed by atoms with E-state index in [2.05, 4.69) is 11.6 Å². The zero-order valence-corrected chi connectivity index (χ0v) is 11.0. The normalized spacial score (nSPS) is 22.9. The zero-order valence-electron chi connectivity index (χ0n) is 10.2. The molecule has 16 heavy (non-hydrogen) atoms. The van der Waals surface area contributed by atoms with Crippen LogP contribution in [0.15, 0.2) is 0 Å². The summed E-state index contributed by atoms with van der Waals surface area (Å²) in [5.74, 6) is 0. The van der Waals surface area contributed by atoms with E-state index in [1.807, 2.05) is 0 Å². The molecule has 0 bridgehead atoms. The molecule has 0 heterocycles. The third-order valence-electron chi connectivity index (χ3n) is 3.55. The summed E-state index contributed by atoms with van der Waals surface area (Å²) < 4.78 is 26.0. The van der Waals surface area contributed by atoms with E-state index in [0.717, 1.165) is 12.8 Å². The largest absolute Gasteiger partial charge is 0.395 e. The quantitative estimate of drug-likeness (QED) is 0.771. The molecule has 0 amide bonds. The summed E-state index contributed by atoms with van der Waals surface area (Å²) >= 11 is 0. The van der Waals surface area contributed by atoms with Crippen molar-refractivity contribution in [3.8, 4) is 0 Å². The van der Waals surface area contributed by atoms with Crippen molar-refractivity contribution < 1.29 is 13.5 Å². The second-order valence-electron chi connectivity index (χ2n) is 5.23. The molecule has 5 heteroatoms. The van der Waals surface area contributed by atoms with Gasteiger partial charge in [-0.25, -0.2) is 13.1 Å². The molecule has 0 aromatic carbocycles. The molecular weight excluding hydrogens is 226 g/mol. The minimum Gasteiger partial charge on any atom is -0.395 e. The summed E-state index contributed by atoms with van der Waals surface area (Å²) in [6.45, 7) is 3.83. The van der Waals surface area contributed by atoms with Crippen molar-refractivity contribution in [2.45, 2.75) is 51.2 Å². The van der Waals surface area contributed by atoms with Crippen LogP contribution in [0.4, 0.5) is 0 Å². The summed E-state index contributed by atoms with van der Waals surface area (Å²) in [7, 11) is -3.35. The van der Waals surface area contributed by atoms with Crippen molar-refractivity contribution in [1.82, 2.24) is 4.72 Å². The van der Waals surface area contributed by atoms with Crippen molar-refractivity contribution in [2.75, 3.05) is 13.2 Å². The Morgan fingerprint density at radius 3 is 2.38 bits per heavy atom. The maximum absolute atomic E-state index is 11.7. The standard InChI is InChI=1S/C11H23NO3S/c1-10(8-13)16(14,15)12-9-11(2)6-4-3-5-7-11/h10,12-13H,3-9H2,1-2H3. The SMILES string of the molecule is CC(CO)S(=O)(=O)NCC1(C)CCCCC1. The Morgan fingerprint density at radius 2 is 1.88 bits per heavy atom. The first kappa shape index (κ1) is 13.9. The Bertz CT molecular complexity index is 307. The highest BCUT2D eigenvalue weighted by Gasteiger charge is 2.29. The van der Waals surface area contributed by atoms with Gasteiger partial charge in [-0.1, -0.05) is 26.2 Å². The van der Waals surface area contributed by atoms with Crippen LogP contribution in [0.5, 0.6) is 0 Å². The highest BCUT2D eigenvalue weighted by atomic mass is 32.2. The van der Waals surface area contributed by atoms with E-state index in [9.17, 15) is 8.42 Å². The van der Waals surface area contributed by atoms with E-state index in [1.54, 1.807) is 0 Å². The molecule has 0 aliphatic heterocycles. The summed E-state index contributed by atoms with van der Waals surface area (Å²) in [5, 5.41) is 8.13. The minimum absolute atomic E-state index is 0.0977. The summed E-state index contributed by atoms with van der Waals surface area (Å²) in [6, 6.07) is 0. The van der Waals surface area contributed by atoms with Gasteiger partial charge in [0.15, 0.2) is 0 Å². The average molecular weight is 249 g/mol. The molecule has 1 aliphatic carbocycles. The van der Waals surface area contributed by atoms with Gasteiger partial charge in [0.2, 0.25) is 10.0 Å². The molecule has 1 atom stereocenters. The third kappa shape index (κ3) is 3.71. The van der Waals surface area contributed by atoms with Crippen LogP contribution in [-0.4, -0.2) is 31.9 Å². The van der Waals surface area contributed by atoms with Crippen molar-refractivity contribution in [3.05, 3.63) is 0 Å². The van der Waals surface area contributed by atoms with E-state index in [-0.39, 0.29) is 12.0 Å². The molecule has 0 aromatic heterocycles. The highest BCUT2D eigenvalue weighted by Crippen LogP contribution is 2.35.